The number of aliphatic hydroxyl groups is 1. The number of hydrogen-bond acceptors (Lipinski definition) is 6. The lowest BCUT2D eigenvalue weighted by Gasteiger charge is -2.38. The number of thioether (sulfide) groups is 1. The Labute approximate surface area is 226 Å². The van der Waals surface area contributed by atoms with Crippen LogP contribution in [0.3, 0.4) is 0 Å². The van der Waals surface area contributed by atoms with Crippen LogP contribution in [0.5, 0.6) is 5.75 Å². The van der Waals surface area contributed by atoms with Crippen molar-refractivity contribution in [3.63, 3.8) is 0 Å². The van der Waals surface area contributed by atoms with Gasteiger partial charge in [-0.1, -0.05) is 6.07 Å². The summed E-state index contributed by atoms with van der Waals surface area (Å²) < 4.78 is 33.0. The monoisotopic (exact) mass is 544 g/mol. The maximum atomic E-state index is 13.8. The van der Waals surface area contributed by atoms with E-state index in [2.05, 4.69) is 9.88 Å². The summed E-state index contributed by atoms with van der Waals surface area (Å²) >= 11 is 1.18. The molecule has 38 heavy (non-hydrogen) atoms. The minimum atomic E-state index is -0.819. The molecule has 1 fully saturated rings. The van der Waals surface area contributed by atoms with Crippen molar-refractivity contribution in [2.75, 3.05) is 32.5 Å². The van der Waals surface area contributed by atoms with Crippen LogP contribution in [0.15, 0.2) is 53.6 Å². The van der Waals surface area contributed by atoms with Crippen LogP contribution in [0.4, 0.5) is 8.78 Å². The summed E-state index contributed by atoms with van der Waals surface area (Å²) in [6.07, 6.45) is 3.95. The molecule has 3 aromatic rings. The van der Waals surface area contributed by atoms with E-state index in [-0.39, 0.29) is 23.2 Å². The van der Waals surface area contributed by atoms with E-state index in [0.29, 0.717) is 24.5 Å². The number of rotatable bonds is 12. The Kier molecular flexibility index (Phi) is 9.93. The van der Waals surface area contributed by atoms with Crippen LogP contribution in [0, 0.1) is 23.5 Å². The average Bonchev–Trinajstić information content (AvgIpc) is 2.90. The van der Waals surface area contributed by atoms with Gasteiger partial charge in [-0.3, -0.25) is 9.78 Å². The normalized spacial score (nSPS) is 18.9. The number of pyridine rings is 1. The predicted molar refractivity (Wildman–Crippen MR) is 144 cm³/mol. The van der Waals surface area contributed by atoms with Crippen molar-refractivity contribution in [2.45, 2.75) is 43.1 Å². The molecule has 0 radical (unpaired) electrons. The van der Waals surface area contributed by atoms with Gasteiger partial charge in [-0.2, -0.15) is 0 Å². The first-order chi connectivity index (χ1) is 18.4. The van der Waals surface area contributed by atoms with Gasteiger partial charge in [0.15, 0.2) is 0 Å². The van der Waals surface area contributed by atoms with Gasteiger partial charge in [-0.15, -0.1) is 11.8 Å². The average molecular weight is 545 g/mol. The molecule has 0 saturated carbocycles. The zero-order valence-electron chi connectivity index (χ0n) is 21.5. The van der Waals surface area contributed by atoms with E-state index >= 15 is 0 Å². The molecule has 0 amide bonds. The molecule has 1 saturated heterocycles. The maximum absolute atomic E-state index is 13.8. The highest BCUT2D eigenvalue weighted by Crippen LogP contribution is 2.35. The third-order valence-electron chi connectivity index (χ3n) is 7.35. The number of ether oxygens (including phenoxy) is 1. The molecule has 0 aliphatic carbocycles. The molecule has 0 bridgehead atoms. The fraction of sp³-hybridized carbons (Fsp3) is 0.448. The number of aromatic nitrogens is 1. The van der Waals surface area contributed by atoms with Gasteiger partial charge in [0.1, 0.15) is 17.4 Å². The molecule has 3 atom stereocenters. The first-order valence-electron chi connectivity index (χ1n) is 13.0. The zero-order valence-corrected chi connectivity index (χ0v) is 22.3. The number of carbonyl (C=O) groups is 1. The largest absolute Gasteiger partial charge is 0.497 e. The number of aliphatic carboxylic acids is 1. The molecule has 1 aromatic heterocycles. The second kappa shape index (κ2) is 13.4. The summed E-state index contributed by atoms with van der Waals surface area (Å²) in [5.74, 6) is -0.443. The summed E-state index contributed by atoms with van der Waals surface area (Å²) in [5.41, 5.74) is 1.58. The van der Waals surface area contributed by atoms with Crippen molar-refractivity contribution in [3.8, 4) is 5.75 Å². The minimum Gasteiger partial charge on any atom is -0.497 e. The lowest BCUT2D eigenvalue weighted by Crippen LogP contribution is -2.42. The van der Waals surface area contributed by atoms with Crippen molar-refractivity contribution >= 4 is 28.6 Å². The topological polar surface area (TPSA) is 82.9 Å². The molecule has 1 aliphatic rings. The number of hydrogen-bond donors (Lipinski definition) is 2. The summed E-state index contributed by atoms with van der Waals surface area (Å²) in [6.45, 7) is 2.26. The molecule has 6 nitrogen and oxygen atoms in total. The van der Waals surface area contributed by atoms with Crippen LogP contribution in [0.25, 0.3) is 10.9 Å². The molecule has 2 heterocycles. The molecular weight excluding hydrogens is 510 g/mol. The Morgan fingerprint density at radius 3 is 2.74 bits per heavy atom. The molecule has 1 aliphatic heterocycles. The van der Waals surface area contributed by atoms with Crippen molar-refractivity contribution in [3.05, 3.63) is 65.9 Å². The molecular formula is C29H34F2N2O4S. The van der Waals surface area contributed by atoms with Crippen LogP contribution in [-0.4, -0.2) is 58.6 Å². The number of piperidine rings is 1. The molecule has 0 spiro atoms. The van der Waals surface area contributed by atoms with Crippen molar-refractivity contribution in [1.82, 2.24) is 9.88 Å². The Morgan fingerprint density at radius 1 is 1.21 bits per heavy atom. The lowest BCUT2D eigenvalue weighted by atomic mass is 9.79. The molecule has 4 rings (SSSR count). The van der Waals surface area contributed by atoms with E-state index in [0.717, 1.165) is 48.8 Å². The number of carboxylic acid groups (broad SMARTS) is 1. The van der Waals surface area contributed by atoms with Crippen LogP contribution in [-0.2, 0) is 4.79 Å². The molecule has 1 unspecified atom stereocenters. The van der Waals surface area contributed by atoms with Gasteiger partial charge in [-0.25, -0.2) is 8.78 Å². The Hall–Kier alpha value is -2.75. The summed E-state index contributed by atoms with van der Waals surface area (Å²) in [5, 5.41) is 21.4. The fourth-order valence-corrected chi connectivity index (χ4v) is 6.26. The highest BCUT2D eigenvalue weighted by Gasteiger charge is 2.31. The smallest absolute Gasteiger partial charge is 0.303 e. The van der Waals surface area contributed by atoms with E-state index in [1.165, 1.54) is 30.0 Å². The van der Waals surface area contributed by atoms with E-state index in [9.17, 15) is 23.8 Å². The summed E-state index contributed by atoms with van der Waals surface area (Å²) in [7, 11) is 1.60. The van der Waals surface area contributed by atoms with Crippen LogP contribution in [0.1, 0.15) is 43.8 Å². The molecule has 2 N–H and O–H groups in total. The minimum absolute atomic E-state index is 0.0145. The molecule has 2 aromatic carbocycles. The quantitative estimate of drug-likeness (QED) is 0.216. The van der Waals surface area contributed by atoms with Crippen LogP contribution in [0.2, 0.25) is 0 Å². The van der Waals surface area contributed by atoms with Gasteiger partial charge in [-0.05, 0) is 98.3 Å². The van der Waals surface area contributed by atoms with Crippen molar-refractivity contribution in [2.24, 2.45) is 11.8 Å². The van der Waals surface area contributed by atoms with Crippen LogP contribution >= 0.6 is 11.8 Å². The standard InChI is InChI=1S/C29H34F2N2O4S/c1-37-21-7-8-26-23(17-21)22(10-12-32-26)27(34)9-6-19-11-14-33(18-20(19)16-28(35)36)13-3-15-38-29-24(30)4-2-5-25(29)31/h2,4-5,7-8,10,12,17,19-20,27,34H,3,6,9,11,13-16,18H2,1H3,(H,35,36)/t19-,20+,27?/m1/s1. The van der Waals surface area contributed by atoms with Crippen LogP contribution < -0.4 is 4.74 Å². The third kappa shape index (κ3) is 7.21. The van der Waals surface area contributed by atoms with Gasteiger partial charge in [0, 0.05) is 24.5 Å². The number of carboxylic acids is 1. The second-order valence-corrected chi connectivity index (χ2v) is 10.9. The van der Waals surface area contributed by atoms with Gasteiger partial charge in [0.05, 0.1) is 23.6 Å². The maximum Gasteiger partial charge on any atom is 0.303 e. The van der Waals surface area contributed by atoms with E-state index in [1.807, 2.05) is 24.3 Å². The van der Waals surface area contributed by atoms with Gasteiger partial charge in [0.2, 0.25) is 0 Å². The highest BCUT2D eigenvalue weighted by atomic mass is 32.2. The first kappa shape index (κ1) is 28.3. The van der Waals surface area contributed by atoms with Crippen molar-refractivity contribution < 1.29 is 28.5 Å². The van der Waals surface area contributed by atoms with Gasteiger partial charge in [0.25, 0.3) is 0 Å². The number of fused-ring (bicyclic) bond motifs is 1. The Balaban J connectivity index is 1.31. The summed E-state index contributed by atoms with van der Waals surface area (Å²) in [4.78, 5) is 18.3. The number of benzene rings is 2. The molecule has 9 heteroatoms. The Morgan fingerprint density at radius 2 is 2.00 bits per heavy atom. The Bertz CT molecular complexity index is 1220. The first-order valence-corrected chi connectivity index (χ1v) is 14.0. The van der Waals surface area contributed by atoms with E-state index in [1.54, 1.807) is 13.3 Å². The van der Waals surface area contributed by atoms with Crippen molar-refractivity contribution in [1.29, 1.82) is 0 Å². The second-order valence-electron chi connectivity index (χ2n) is 9.84. The zero-order chi connectivity index (χ0) is 27.1. The third-order valence-corrected chi connectivity index (χ3v) is 8.52. The number of aliphatic hydroxyl groups excluding tert-OH is 1. The lowest BCUT2D eigenvalue weighted by molar-refractivity contribution is -0.139. The van der Waals surface area contributed by atoms with Gasteiger partial charge >= 0.3 is 5.97 Å². The fourth-order valence-electron chi connectivity index (χ4n) is 5.37. The highest BCUT2D eigenvalue weighted by molar-refractivity contribution is 7.99. The number of methoxy groups -OCH3 is 1. The van der Waals surface area contributed by atoms with E-state index < -0.39 is 23.7 Å². The van der Waals surface area contributed by atoms with E-state index in [4.69, 9.17) is 4.74 Å². The summed E-state index contributed by atoms with van der Waals surface area (Å²) in [6, 6.07) is 11.3. The number of likely N-dealkylation sites (tertiary alicyclic amines) is 1. The number of halogens is 2. The molecule has 204 valence electrons. The van der Waals surface area contributed by atoms with Gasteiger partial charge < -0.3 is 19.8 Å². The number of nitrogens with zero attached hydrogens (tertiary/aromatic N) is 2. The predicted octanol–water partition coefficient (Wildman–Crippen LogP) is 5.93. The SMILES string of the molecule is COc1ccc2nccc(C(O)CC[C@@H]3CCN(CCCSc4c(F)cccc4F)C[C@@H]3CC(=O)O)c2c1.